The van der Waals surface area contributed by atoms with Gasteiger partial charge in [0.05, 0.1) is 51.4 Å². The number of H-pyrrole nitrogens is 1. The van der Waals surface area contributed by atoms with E-state index in [9.17, 15) is 121 Å². The molecule has 0 fully saturated rings. The van der Waals surface area contributed by atoms with E-state index < -0.39 is 285 Å². The maximum absolute atomic E-state index is 14.7. The number of primary amides is 2. The van der Waals surface area contributed by atoms with Gasteiger partial charge in [0, 0.05) is 44.1 Å². The number of nitrogens with two attached hydrogens (primary N) is 5. The first-order valence-corrected chi connectivity index (χ1v) is 50.3. The smallest absolute Gasteiger partial charge is 0.245 e. The minimum atomic E-state index is -1.96. The fourth-order valence-corrected chi connectivity index (χ4v) is 14.9. The number of hydrogen-bond acceptors (Lipinski definition) is 29. The van der Waals surface area contributed by atoms with Crippen LogP contribution in [-0.4, -0.2) is 321 Å². The van der Waals surface area contributed by atoms with Gasteiger partial charge in [-0.2, -0.15) is 0 Å². The zero-order valence-corrected chi connectivity index (χ0v) is 86.1. The first-order valence-electron chi connectivity index (χ1n) is 50.3. The molecular formula is C95H163N27O25. The van der Waals surface area contributed by atoms with Crippen molar-refractivity contribution in [1.29, 1.82) is 5.41 Å². The number of carbonyl (C=O) groups is 20. The second-order valence-electron chi connectivity index (χ2n) is 37.2. The minimum absolute atomic E-state index is 0.0181. The summed E-state index contributed by atoms with van der Waals surface area (Å²) in [6.45, 7) is 10.3. The van der Waals surface area contributed by atoms with Gasteiger partial charge in [-0.1, -0.05) is 142 Å². The SMILES string of the molecule is CCCCCCCCCCCCCCCC(=O)NCC(=O)N[C@@H](C)C(=O)N[C@@H](CCCCN)C(=O)N[C@@H](Cc1ccccc1)C(=O)N[C@@H](CCCCN)C(=O)N[C@H](C(=O)N[C@@H](CO)C(=O)N[C@@H](C)C(=O)N[C@@H](CCC(N)=O)C(=O)N[C@@H](Cc1cnc[nH]1)C(=O)N[C@@H](C)C(=O)N[C@@H](CC(C)C)C(=O)N[C@H](C(=O)N[C@@H](CO)C(=O)N[C@H](C(=O)N[C@@H](CO)C(=O)N[C@@H](CCCNC(=N)N)C(=O)NCC(N)=O)C(C)C)[C@@H](C)O)[C@@H](C)O. The first-order chi connectivity index (χ1) is 69.6. The number of rotatable bonds is 77. The Morgan fingerprint density at radius 3 is 1.14 bits per heavy atom. The van der Waals surface area contributed by atoms with E-state index >= 15 is 0 Å². The number of carbonyl (C=O) groups excluding carboxylic acids is 20. The number of unbranched alkanes of at least 4 members (excludes halogenated alkanes) is 14. The predicted molar refractivity (Wildman–Crippen MR) is 538 cm³/mol. The minimum Gasteiger partial charge on any atom is -0.394 e. The topological polar surface area (TPSA) is 854 Å². The van der Waals surface area contributed by atoms with Crippen LogP contribution in [0.15, 0.2) is 42.9 Å². The third kappa shape index (κ3) is 53.1. The van der Waals surface area contributed by atoms with Gasteiger partial charge >= 0.3 is 0 Å². The summed E-state index contributed by atoms with van der Waals surface area (Å²) in [6.07, 6.45) is 13.3. The van der Waals surface area contributed by atoms with E-state index in [0.29, 0.717) is 31.2 Å². The number of guanidine groups is 1. The number of aromatic nitrogens is 2. The molecule has 0 bridgehead atoms. The van der Waals surface area contributed by atoms with Gasteiger partial charge in [-0.15, -0.1) is 0 Å². The second kappa shape index (κ2) is 72.2. The van der Waals surface area contributed by atoms with Gasteiger partial charge in [0.15, 0.2) is 5.96 Å². The Balaban J connectivity index is 2.31. The quantitative estimate of drug-likeness (QED) is 0.0166. The third-order valence-corrected chi connectivity index (χ3v) is 23.4. The standard InChI is InChI=1S/C95H163N27O25/c1-11-12-13-14-15-16-17-18-19-20-21-22-26-37-74(130)104-48-75(131)107-55(6)79(132)110-63(34-27-29-40-96)83(136)115-67(44-60-32-24-23-25-33-60)87(140)113-64(35-28-30-41-97)85(138)121-77(58(9)126)93(146)118-69(49-123)89(142)109-56(7)80(133)111-65(38-39-72(98)128)84(137)116-68(45-61-46-102-52-106-61)86(139)108-57(8)81(134)114-66(43-53(2)3)88(141)122-78(59(10)127)94(147)119-71(51-125)91(144)120-76(54(4)5)92(145)117-70(50-124)90(143)112-62(36-31-42-103-95(100)101)82(135)105-47-73(99)129/h23-25,32-33,46,52-59,62-71,76-78,123-127H,11-22,26-31,34-45,47-51,96-97H2,1-10H3,(H2,98,128)(H2,99,129)(H,102,106)(H,104,130)(H,105,135)(H,107,131)(H,108,139)(H,109,142)(H,110,132)(H,111,133)(H,112,143)(H,113,140)(H,114,134)(H,115,136)(H,116,137)(H,117,145)(H,118,146)(H,119,147)(H,120,144)(H,121,138)(H,122,141)(H4,100,101,103)/t55-,56-,57-,58+,59+,62-,63-,64-,65-,66-,67-,68-,69-,70-,71-,76-,77-,78-/m0/s1. The lowest BCUT2D eigenvalue weighted by molar-refractivity contribution is -0.138. The number of hydrogen-bond donors (Lipinski definition) is 31. The average molecular weight is 2080 g/mol. The number of aliphatic hydroxyl groups excluding tert-OH is 5. The summed E-state index contributed by atoms with van der Waals surface area (Å²) in [7, 11) is 0. The molecule has 0 aliphatic carbocycles. The van der Waals surface area contributed by atoms with Gasteiger partial charge in [0.25, 0.3) is 0 Å². The Kier molecular flexibility index (Phi) is 63.8. The Morgan fingerprint density at radius 1 is 0.347 bits per heavy atom. The van der Waals surface area contributed by atoms with E-state index in [1.807, 2.05) is 0 Å². The number of benzene rings is 1. The molecule has 52 nitrogen and oxygen atoms in total. The summed E-state index contributed by atoms with van der Waals surface area (Å²) in [5, 5.41) is 106. The Morgan fingerprint density at radius 2 is 0.714 bits per heavy atom. The number of nitrogens with one attached hydrogen (secondary N) is 21. The van der Waals surface area contributed by atoms with Crippen LogP contribution in [0.4, 0.5) is 0 Å². The van der Waals surface area contributed by atoms with Crippen molar-refractivity contribution in [2.24, 2.45) is 40.5 Å². The summed E-state index contributed by atoms with van der Waals surface area (Å²) in [5.74, 6) is -21.7. The molecule has 1 heterocycles. The number of nitrogens with zero attached hydrogens (tertiary/aromatic N) is 1. The van der Waals surface area contributed by atoms with Crippen molar-refractivity contribution in [2.75, 3.05) is 52.5 Å². The Labute approximate surface area is 856 Å². The van der Waals surface area contributed by atoms with Gasteiger partial charge in [-0.3, -0.25) is 101 Å². The number of amides is 20. The molecule has 36 N–H and O–H groups in total. The van der Waals surface area contributed by atoms with Crippen molar-refractivity contribution in [3.63, 3.8) is 0 Å². The van der Waals surface area contributed by atoms with E-state index in [1.54, 1.807) is 44.2 Å². The monoisotopic (exact) mass is 2080 g/mol. The van der Waals surface area contributed by atoms with Crippen molar-refractivity contribution in [3.05, 3.63) is 54.1 Å². The lowest BCUT2D eigenvalue weighted by Crippen LogP contribution is -2.63. The molecule has 18 atom stereocenters. The van der Waals surface area contributed by atoms with E-state index in [-0.39, 0.29) is 88.6 Å². The average Bonchev–Trinajstić information content (AvgIpc) is 1.34. The summed E-state index contributed by atoms with van der Waals surface area (Å²) >= 11 is 0. The summed E-state index contributed by atoms with van der Waals surface area (Å²) in [6, 6.07) is -17.8. The van der Waals surface area contributed by atoms with Crippen LogP contribution in [0.5, 0.6) is 0 Å². The molecule has 1 aromatic carbocycles. The molecule has 0 saturated carbocycles. The largest absolute Gasteiger partial charge is 0.394 e. The predicted octanol–water partition coefficient (Wildman–Crippen LogP) is -7.56. The van der Waals surface area contributed by atoms with Crippen LogP contribution in [0.2, 0.25) is 0 Å². The van der Waals surface area contributed by atoms with Crippen LogP contribution < -0.4 is 130 Å². The van der Waals surface area contributed by atoms with Crippen molar-refractivity contribution in [3.8, 4) is 0 Å². The van der Waals surface area contributed by atoms with Gasteiger partial charge in [0.1, 0.15) is 96.7 Å². The van der Waals surface area contributed by atoms with Crippen LogP contribution in [0, 0.1) is 17.2 Å². The first kappa shape index (κ1) is 130. The van der Waals surface area contributed by atoms with Gasteiger partial charge in [0.2, 0.25) is 118 Å². The van der Waals surface area contributed by atoms with Gasteiger partial charge in [-0.25, -0.2) is 4.98 Å². The zero-order chi connectivity index (χ0) is 110. The van der Waals surface area contributed by atoms with Gasteiger partial charge < -0.3 is 160 Å². The third-order valence-electron chi connectivity index (χ3n) is 23.4. The van der Waals surface area contributed by atoms with Crippen LogP contribution in [-0.2, 0) is 109 Å². The molecule has 0 aliphatic rings. The Hall–Kier alpha value is -13.2. The van der Waals surface area contributed by atoms with Crippen LogP contribution in [0.3, 0.4) is 0 Å². The van der Waals surface area contributed by atoms with Crippen LogP contribution >= 0.6 is 0 Å². The molecule has 0 spiro atoms. The van der Waals surface area contributed by atoms with Crippen molar-refractivity contribution < 1.29 is 121 Å². The van der Waals surface area contributed by atoms with E-state index in [4.69, 9.17) is 34.1 Å². The lowest BCUT2D eigenvalue weighted by atomic mass is 10.0. The van der Waals surface area contributed by atoms with Crippen molar-refractivity contribution >= 4 is 124 Å². The van der Waals surface area contributed by atoms with E-state index in [0.717, 1.165) is 46.5 Å². The fourth-order valence-electron chi connectivity index (χ4n) is 14.9. The van der Waals surface area contributed by atoms with Crippen molar-refractivity contribution in [2.45, 2.75) is 351 Å². The fraction of sp³-hybridized carbons (Fsp3) is 0.684. The van der Waals surface area contributed by atoms with E-state index in [2.05, 4.69) is 118 Å². The molecule has 1 aromatic heterocycles. The van der Waals surface area contributed by atoms with Gasteiger partial charge in [-0.05, 0) is 136 Å². The van der Waals surface area contributed by atoms with Crippen LogP contribution in [0.1, 0.15) is 241 Å². The number of aromatic amines is 1. The number of imidazole rings is 1. The maximum atomic E-state index is 14.7. The van der Waals surface area contributed by atoms with Crippen LogP contribution in [0.25, 0.3) is 0 Å². The lowest BCUT2D eigenvalue weighted by Gasteiger charge is -2.29. The summed E-state index contributed by atoms with van der Waals surface area (Å²) < 4.78 is 0. The number of aliphatic hydroxyl groups is 5. The Bertz CT molecular complexity index is 4500. The second-order valence-corrected chi connectivity index (χ2v) is 37.2. The van der Waals surface area contributed by atoms with E-state index in [1.165, 1.54) is 91.6 Å². The molecule has 2 rings (SSSR count). The normalized spacial score (nSPS) is 14.9. The molecule has 0 radical (unpaired) electrons. The summed E-state index contributed by atoms with van der Waals surface area (Å²) in [4.78, 5) is 281. The molecule has 52 heteroatoms. The molecule has 2 aromatic rings. The zero-order valence-electron chi connectivity index (χ0n) is 86.1. The molecule has 0 aliphatic heterocycles. The molecule has 0 saturated heterocycles. The highest BCUT2D eigenvalue weighted by Gasteiger charge is 2.41. The molecule has 20 amide bonds. The maximum Gasteiger partial charge on any atom is 0.245 e. The highest BCUT2D eigenvalue weighted by atomic mass is 16.3. The highest BCUT2D eigenvalue weighted by molar-refractivity contribution is 6.02. The van der Waals surface area contributed by atoms with Crippen molar-refractivity contribution in [1.82, 2.24) is 111 Å². The summed E-state index contributed by atoms with van der Waals surface area (Å²) in [5.41, 5.74) is 28.3. The molecule has 0 unspecified atom stereocenters. The molecular weight excluding hydrogens is 1920 g/mol. The highest BCUT2D eigenvalue weighted by Crippen LogP contribution is 2.17. The molecule has 828 valence electrons. The molecule has 147 heavy (non-hydrogen) atoms.